The molecule has 0 bridgehead atoms. The average Bonchev–Trinajstić information content (AvgIpc) is 3.13. The topological polar surface area (TPSA) is 84.3 Å². The molecule has 1 saturated heterocycles. The van der Waals surface area contributed by atoms with Crippen LogP contribution in [0.15, 0.2) is 41.5 Å². The summed E-state index contributed by atoms with van der Waals surface area (Å²) in [5.74, 6) is -0.309. The summed E-state index contributed by atoms with van der Waals surface area (Å²) >= 11 is 1.43. The molecule has 1 fully saturated rings. The highest BCUT2D eigenvalue weighted by Crippen LogP contribution is 2.45. The summed E-state index contributed by atoms with van der Waals surface area (Å²) in [4.78, 5) is 8.48. The number of hydrogen-bond acceptors (Lipinski definition) is 6. The van der Waals surface area contributed by atoms with Crippen LogP contribution in [0.2, 0.25) is 0 Å². The molecule has 1 aromatic heterocycles. The van der Waals surface area contributed by atoms with Gasteiger partial charge in [-0.05, 0) is 35.9 Å². The van der Waals surface area contributed by atoms with E-state index in [1.54, 1.807) is 6.07 Å². The molecule has 0 unspecified atom stereocenters. The van der Waals surface area contributed by atoms with Crippen molar-refractivity contribution >= 4 is 28.8 Å². The van der Waals surface area contributed by atoms with Crippen molar-refractivity contribution in [2.45, 2.75) is 5.54 Å². The average molecular weight is 398 g/mol. The number of aliphatic imine (C=N–C) groups is 1. The number of amidine groups is 1. The number of hydrogen-bond donors (Lipinski definition) is 1. The van der Waals surface area contributed by atoms with Crippen LogP contribution in [0.25, 0.3) is 11.9 Å². The lowest BCUT2D eigenvalue weighted by atomic mass is 9.81. The van der Waals surface area contributed by atoms with Gasteiger partial charge in [0.2, 0.25) is 0 Å². The minimum atomic E-state index is -0.883. The lowest BCUT2D eigenvalue weighted by Gasteiger charge is -2.34. The van der Waals surface area contributed by atoms with Crippen molar-refractivity contribution in [1.29, 1.82) is 5.26 Å². The maximum Gasteiger partial charge on any atom is 0.154 e. The number of nitriles is 1. The Balaban J connectivity index is 1.73. The summed E-state index contributed by atoms with van der Waals surface area (Å²) in [6.07, 6.45) is 2.58. The number of halogens is 2. The molecule has 0 radical (unpaired) electrons. The Kier molecular flexibility index (Phi) is 4.87. The quantitative estimate of drug-likeness (QED) is 0.856. The Labute approximate surface area is 164 Å². The molecule has 8 heteroatoms. The van der Waals surface area contributed by atoms with Gasteiger partial charge in [-0.2, -0.15) is 5.26 Å². The largest absolute Gasteiger partial charge is 0.379 e. The second-order valence-corrected chi connectivity index (χ2v) is 7.71. The first-order valence-corrected chi connectivity index (χ1v) is 9.60. The highest BCUT2D eigenvalue weighted by Gasteiger charge is 2.49. The number of nitrogens with two attached hydrogens (primary N) is 1. The van der Waals surface area contributed by atoms with E-state index in [-0.39, 0.29) is 18.2 Å². The van der Waals surface area contributed by atoms with E-state index in [0.29, 0.717) is 34.2 Å². The second kappa shape index (κ2) is 7.34. The zero-order chi connectivity index (χ0) is 19.7. The van der Waals surface area contributed by atoms with Crippen molar-refractivity contribution in [3.63, 3.8) is 0 Å². The number of nitrogens with zero attached hydrogens (tertiary/aromatic N) is 3. The van der Waals surface area contributed by atoms with E-state index in [1.807, 2.05) is 6.07 Å². The molecule has 1 aromatic carbocycles. The van der Waals surface area contributed by atoms with Gasteiger partial charge in [0.25, 0.3) is 0 Å². The predicted molar refractivity (Wildman–Crippen MR) is 104 cm³/mol. The number of ether oxygens (including phenoxy) is 1. The van der Waals surface area contributed by atoms with Gasteiger partial charge < -0.3 is 10.5 Å². The first-order valence-electron chi connectivity index (χ1n) is 8.61. The maximum absolute atomic E-state index is 14.7. The molecule has 2 atom stereocenters. The van der Waals surface area contributed by atoms with E-state index in [4.69, 9.17) is 15.7 Å². The third-order valence-electron chi connectivity index (χ3n) is 4.95. The van der Waals surface area contributed by atoms with Crippen LogP contribution in [0.5, 0.6) is 0 Å². The Morgan fingerprint density at radius 3 is 3.00 bits per heavy atom. The van der Waals surface area contributed by atoms with E-state index >= 15 is 0 Å². The monoisotopic (exact) mass is 398 g/mol. The fourth-order valence-electron chi connectivity index (χ4n) is 3.48. The number of rotatable bonds is 3. The second-order valence-electron chi connectivity index (χ2n) is 6.67. The van der Waals surface area contributed by atoms with Gasteiger partial charge in [-0.25, -0.2) is 13.8 Å². The van der Waals surface area contributed by atoms with Crippen molar-refractivity contribution in [2.24, 2.45) is 16.6 Å². The van der Waals surface area contributed by atoms with Crippen molar-refractivity contribution in [3.05, 3.63) is 64.7 Å². The molecule has 3 heterocycles. The molecule has 2 aliphatic rings. The zero-order valence-corrected chi connectivity index (χ0v) is 15.5. The molecule has 142 valence electrons. The summed E-state index contributed by atoms with van der Waals surface area (Å²) < 4.78 is 34.9. The number of pyridine rings is 1. The van der Waals surface area contributed by atoms with Gasteiger partial charge in [0.1, 0.15) is 23.3 Å². The van der Waals surface area contributed by atoms with Crippen LogP contribution in [0.1, 0.15) is 22.4 Å². The van der Waals surface area contributed by atoms with Crippen LogP contribution < -0.4 is 5.73 Å². The molecular formula is C20H16F2N4OS. The number of benzene rings is 1. The molecule has 0 spiro atoms. The molecule has 4 rings (SSSR count). The van der Waals surface area contributed by atoms with E-state index in [2.05, 4.69) is 9.98 Å². The van der Waals surface area contributed by atoms with E-state index in [9.17, 15) is 8.78 Å². The fraction of sp³-hybridized carbons (Fsp3) is 0.250. The van der Waals surface area contributed by atoms with Gasteiger partial charge in [-0.1, -0.05) is 17.8 Å². The molecule has 2 N–H and O–H groups in total. The third-order valence-corrected chi connectivity index (χ3v) is 5.90. The van der Waals surface area contributed by atoms with Crippen LogP contribution >= 0.6 is 11.8 Å². The minimum absolute atomic E-state index is 0.00330. The van der Waals surface area contributed by atoms with Crippen molar-refractivity contribution in [2.75, 3.05) is 19.0 Å². The summed E-state index contributed by atoms with van der Waals surface area (Å²) in [5.41, 5.74) is 6.31. The molecule has 2 aliphatic heterocycles. The summed E-state index contributed by atoms with van der Waals surface area (Å²) in [7, 11) is 0. The van der Waals surface area contributed by atoms with E-state index < -0.39 is 17.2 Å². The number of aromatic nitrogens is 1. The first kappa shape index (κ1) is 18.6. The molecule has 0 aliphatic carbocycles. The van der Waals surface area contributed by atoms with Crippen LogP contribution in [-0.4, -0.2) is 29.1 Å². The summed E-state index contributed by atoms with van der Waals surface area (Å²) in [5, 5.41) is 9.21. The van der Waals surface area contributed by atoms with Gasteiger partial charge in [0.15, 0.2) is 5.17 Å². The standard InChI is InChI=1S/C20H16F2N4OS/c21-16-3-1-12(6-17(22)18-4-2-13(7-23)8-25-18)5-15(16)20-11-27-9-14(20)10-28-19(24)26-20/h1-6,8,14H,9-11H2,(H2,24,26)/b17-6-/t14-,20-/m0/s1. The predicted octanol–water partition coefficient (Wildman–Crippen LogP) is 3.46. The van der Waals surface area contributed by atoms with Gasteiger partial charge in [-0.3, -0.25) is 4.98 Å². The Morgan fingerprint density at radius 1 is 1.39 bits per heavy atom. The zero-order valence-electron chi connectivity index (χ0n) is 14.7. The van der Waals surface area contributed by atoms with E-state index in [1.165, 1.54) is 48.3 Å². The highest BCUT2D eigenvalue weighted by atomic mass is 32.2. The van der Waals surface area contributed by atoms with Crippen molar-refractivity contribution in [1.82, 2.24) is 4.98 Å². The van der Waals surface area contributed by atoms with Crippen molar-refractivity contribution in [3.8, 4) is 6.07 Å². The van der Waals surface area contributed by atoms with Crippen LogP contribution in [0, 0.1) is 23.1 Å². The fourth-order valence-corrected chi connectivity index (χ4v) is 4.45. The molecule has 0 saturated carbocycles. The SMILES string of the molecule is N#Cc1ccc(/C(F)=C/c2ccc(F)c([C@]34COC[C@H]3CSC(N)=N4)c2)nc1. The summed E-state index contributed by atoms with van der Waals surface area (Å²) in [6, 6.07) is 9.24. The third kappa shape index (κ3) is 3.28. The lowest BCUT2D eigenvalue weighted by molar-refractivity contribution is 0.176. The Morgan fingerprint density at radius 2 is 2.25 bits per heavy atom. The molecule has 5 nitrogen and oxygen atoms in total. The van der Waals surface area contributed by atoms with Gasteiger partial charge in [-0.15, -0.1) is 0 Å². The van der Waals surface area contributed by atoms with Crippen LogP contribution in [0.4, 0.5) is 8.78 Å². The highest BCUT2D eigenvalue weighted by molar-refractivity contribution is 8.13. The van der Waals surface area contributed by atoms with Crippen LogP contribution in [-0.2, 0) is 10.3 Å². The maximum atomic E-state index is 14.7. The Bertz CT molecular complexity index is 1020. The van der Waals surface area contributed by atoms with Gasteiger partial charge in [0.05, 0.1) is 24.5 Å². The smallest absolute Gasteiger partial charge is 0.154 e. The molecule has 28 heavy (non-hydrogen) atoms. The van der Waals surface area contributed by atoms with Gasteiger partial charge >= 0.3 is 0 Å². The minimum Gasteiger partial charge on any atom is -0.379 e. The normalized spacial score (nSPS) is 24.4. The Hall–Kier alpha value is -2.76. The molecule has 0 amide bonds. The lowest BCUT2D eigenvalue weighted by Crippen LogP contribution is -2.40. The van der Waals surface area contributed by atoms with Gasteiger partial charge in [0, 0.05) is 23.4 Å². The first-order chi connectivity index (χ1) is 13.5. The molecular weight excluding hydrogens is 382 g/mol. The number of fused-ring (bicyclic) bond motifs is 1. The summed E-state index contributed by atoms with van der Waals surface area (Å²) in [6.45, 7) is 0.718. The van der Waals surface area contributed by atoms with Crippen molar-refractivity contribution < 1.29 is 13.5 Å². The number of thioether (sulfide) groups is 1. The molecule has 2 aromatic rings. The van der Waals surface area contributed by atoms with E-state index in [0.717, 1.165) is 0 Å². The van der Waals surface area contributed by atoms with Crippen LogP contribution in [0.3, 0.4) is 0 Å².